The number of hydrogen-bond acceptors (Lipinski definition) is 5. The highest BCUT2D eigenvalue weighted by molar-refractivity contribution is 7.99. The van der Waals surface area contributed by atoms with E-state index in [0.29, 0.717) is 24.0 Å². The van der Waals surface area contributed by atoms with Crippen LogP contribution >= 0.6 is 12.1 Å². The zero-order valence-corrected chi connectivity index (χ0v) is 10.7. The van der Waals surface area contributed by atoms with Gasteiger partial charge >= 0.3 is 0 Å². The van der Waals surface area contributed by atoms with E-state index >= 15 is 0 Å². The van der Waals surface area contributed by atoms with Crippen LogP contribution in [0.25, 0.3) is 0 Å². The first-order valence-corrected chi connectivity index (χ1v) is 6.62. The van der Waals surface area contributed by atoms with Gasteiger partial charge in [0.05, 0.1) is 12.1 Å². The molecule has 2 N–H and O–H groups in total. The Hall–Kier alpha value is -1.76. The summed E-state index contributed by atoms with van der Waals surface area (Å²) in [4.78, 5) is 22.6. The van der Waals surface area contributed by atoms with E-state index in [9.17, 15) is 19.1 Å². The highest BCUT2D eigenvalue weighted by atomic mass is 32.2. The van der Waals surface area contributed by atoms with Crippen LogP contribution in [-0.4, -0.2) is 23.3 Å². The van der Waals surface area contributed by atoms with Crippen molar-refractivity contribution in [3.05, 3.63) is 23.0 Å². The number of ketones is 1. The van der Waals surface area contributed by atoms with E-state index in [1.165, 1.54) is 10.4 Å². The number of anilines is 1. The largest absolute Gasteiger partial charge is 0.506 e. The number of aromatic hydroxyl groups is 1. The summed E-state index contributed by atoms with van der Waals surface area (Å²) in [7, 11) is 0. The molecular formula is C12H11FN2O3S. The maximum absolute atomic E-state index is 14.5. The standard InChI is InChI=1S/C12H11FN2O3S/c13-11-8-4-7(16)2-1-6(8)3-9(17)12(11)15-5-10(18)14-19-15/h3,17H,1-2,4-5H2,(H,14,18). The molecule has 2 aliphatic rings. The number of nitrogens with one attached hydrogen (secondary N) is 1. The minimum atomic E-state index is -0.605. The zero-order valence-electron chi connectivity index (χ0n) is 9.90. The molecule has 0 spiro atoms. The molecule has 19 heavy (non-hydrogen) atoms. The summed E-state index contributed by atoms with van der Waals surface area (Å²) in [6.07, 6.45) is 0.876. The molecule has 1 aliphatic carbocycles. The molecule has 1 amide bonds. The Morgan fingerprint density at radius 1 is 1.37 bits per heavy atom. The van der Waals surface area contributed by atoms with Gasteiger partial charge in [-0.1, -0.05) is 0 Å². The van der Waals surface area contributed by atoms with Gasteiger partial charge < -0.3 is 5.11 Å². The number of carbonyl (C=O) groups excluding carboxylic acids is 2. The van der Waals surface area contributed by atoms with E-state index in [1.807, 2.05) is 0 Å². The summed E-state index contributed by atoms with van der Waals surface area (Å²) in [5.41, 5.74) is 0.975. The molecule has 100 valence electrons. The van der Waals surface area contributed by atoms with Crippen LogP contribution < -0.4 is 9.03 Å². The van der Waals surface area contributed by atoms with Crippen molar-refractivity contribution in [1.29, 1.82) is 0 Å². The first-order chi connectivity index (χ1) is 9.06. The van der Waals surface area contributed by atoms with Crippen molar-refractivity contribution in [2.75, 3.05) is 10.8 Å². The van der Waals surface area contributed by atoms with Gasteiger partial charge in [-0.3, -0.25) is 18.6 Å². The molecule has 3 rings (SSSR count). The lowest BCUT2D eigenvalue weighted by Crippen LogP contribution is -2.20. The van der Waals surface area contributed by atoms with Crippen LogP contribution in [0.15, 0.2) is 6.07 Å². The van der Waals surface area contributed by atoms with Crippen LogP contribution in [0.2, 0.25) is 0 Å². The van der Waals surface area contributed by atoms with E-state index < -0.39 is 5.82 Å². The van der Waals surface area contributed by atoms with Crippen molar-refractivity contribution in [1.82, 2.24) is 4.72 Å². The van der Waals surface area contributed by atoms with Gasteiger partial charge in [-0.15, -0.1) is 0 Å². The lowest BCUT2D eigenvalue weighted by atomic mass is 9.89. The van der Waals surface area contributed by atoms with Crippen molar-refractivity contribution >= 4 is 29.5 Å². The quantitative estimate of drug-likeness (QED) is 0.755. The molecule has 1 saturated heterocycles. The lowest BCUT2D eigenvalue weighted by Gasteiger charge is -2.22. The minimum absolute atomic E-state index is 0.00804. The molecular weight excluding hydrogens is 271 g/mol. The number of amides is 1. The number of hydrogen-bond donors (Lipinski definition) is 2. The van der Waals surface area contributed by atoms with Crippen LogP contribution in [0.3, 0.4) is 0 Å². The molecule has 0 aromatic heterocycles. The maximum Gasteiger partial charge on any atom is 0.251 e. The Labute approximate surface area is 113 Å². The number of phenolic OH excluding ortho intramolecular Hbond substituents is 1. The van der Waals surface area contributed by atoms with Crippen LogP contribution in [0.5, 0.6) is 5.75 Å². The first kappa shape index (κ1) is 12.3. The summed E-state index contributed by atoms with van der Waals surface area (Å²) in [5.74, 6) is -1.06. The summed E-state index contributed by atoms with van der Waals surface area (Å²) in [6, 6.07) is 1.49. The smallest absolute Gasteiger partial charge is 0.251 e. The van der Waals surface area contributed by atoms with Crippen molar-refractivity contribution in [2.24, 2.45) is 0 Å². The van der Waals surface area contributed by atoms with E-state index in [-0.39, 0.29) is 36.1 Å². The van der Waals surface area contributed by atoms with E-state index in [2.05, 4.69) is 4.72 Å². The van der Waals surface area contributed by atoms with Gasteiger partial charge in [0, 0.05) is 18.4 Å². The van der Waals surface area contributed by atoms with Gasteiger partial charge in [0.2, 0.25) is 0 Å². The number of phenols is 1. The molecule has 0 unspecified atom stereocenters. The normalized spacial score (nSPS) is 18.5. The fourth-order valence-corrected chi connectivity index (χ4v) is 3.08. The fraction of sp³-hybridized carbons (Fsp3) is 0.333. The molecule has 5 nitrogen and oxygen atoms in total. The number of rotatable bonds is 1. The zero-order chi connectivity index (χ0) is 13.6. The van der Waals surface area contributed by atoms with Crippen molar-refractivity contribution < 1.29 is 19.1 Å². The number of benzene rings is 1. The number of fused-ring (bicyclic) bond motifs is 1. The average molecular weight is 282 g/mol. The van der Waals surface area contributed by atoms with Crippen LogP contribution in [-0.2, 0) is 22.4 Å². The van der Waals surface area contributed by atoms with Crippen molar-refractivity contribution in [3.8, 4) is 5.75 Å². The molecule has 1 heterocycles. The van der Waals surface area contributed by atoms with Crippen LogP contribution in [0, 0.1) is 5.82 Å². The summed E-state index contributed by atoms with van der Waals surface area (Å²) in [6.45, 7) is -0.0259. The molecule has 0 atom stereocenters. The molecule has 1 fully saturated rings. The van der Waals surface area contributed by atoms with Gasteiger partial charge in [-0.25, -0.2) is 4.39 Å². The second-order valence-electron chi connectivity index (χ2n) is 4.56. The molecule has 1 aromatic rings. The second-order valence-corrected chi connectivity index (χ2v) is 5.39. The van der Waals surface area contributed by atoms with Gasteiger partial charge in [0.25, 0.3) is 5.91 Å². The third kappa shape index (κ3) is 2.03. The van der Waals surface area contributed by atoms with E-state index in [1.54, 1.807) is 0 Å². The topological polar surface area (TPSA) is 69.6 Å². The Balaban J connectivity index is 2.07. The Kier molecular flexibility index (Phi) is 2.85. The summed E-state index contributed by atoms with van der Waals surface area (Å²) < 4.78 is 18.3. The number of nitrogens with zero attached hydrogens (tertiary/aromatic N) is 1. The van der Waals surface area contributed by atoms with Gasteiger partial charge in [-0.05, 0) is 18.1 Å². The molecule has 0 radical (unpaired) electrons. The van der Waals surface area contributed by atoms with Crippen LogP contribution in [0.4, 0.5) is 10.1 Å². The monoisotopic (exact) mass is 282 g/mol. The van der Waals surface area contributed by atoms with Crippen molar-refractivity contribution in [3.63, 3.8) is 0 Å². The SMILES string of the molecule is O=C1CCc2cc(O)c(N3CC(=O)NS3)c(F)c2C1. The lowest BCUT2D eigenvalue weighted by molar-refractivity contribution is -0.119. The Bertz CT molecular complexity index is 591. The Morgan fingerprint density at radius 3 is 2.84 bits per heavy atom. The number of halogens is 1. The first-order valence-electron chi connectivity index (χ1n) is 5.84. The minimum Gasteiger partial charge on any atom is -0.506 e. The predicted octanol–water partition coefficient (Wildman–Crippen LogP) is 1.09. The fourth-order valence-electron chi connectivity index (χ4n) is 2.35. The highest BCUT2D eigenvalue weighted by Gasteiger charge is 2.30. The number of carbonyl (C=O) groups is 2. The van der Waals surface area contributed by atoms with Gasteiger partial charge in [-0.2, -0.15) is 0 Å². The number of aryl methyl sites for hydroxylation is 1. The molecule has 1 aromatic carbocycles. The van der Waals surface area contributed by atoms with E-state index in [4.69, 9.17) is 0 Å². The summed E-state index contributed by atoms with van der Waals surface area (Å²) in [5, 5.41) is 9.94. The molecule has 0 saturated carbocycles. The molecule has 1 aliphatic heterocycles. The van der Waals surface area contributed by atoms with Gasteiger partial charge in [0.15, 0.2) is 5.82 Å². The molecule has 0 bridgehead atoms. The second kappa shape index (κ2) is 4.41. The third-order valence-corrected chi connectivity index (χ3v) is 4.12. The third-order valence-electron chi connectivity index (χ3n) is 3.27. The maximum atomic E-state index is 14.5. The van der Waals surface area contributed by atoms with E-state index in [0.717, 1.165) is 12.1 Å². The van der Waals surface area contributed by atoms with Gasteiger partial charge in [0.1, 0.15) is 23.8 Å². The average Bonchev–Trinajstić information content (AvgIpc) is 2.77. The Morgan fingerprint density at radius 2 is 2.16 bits per heavy atom. The van der Waals surface area contributed by atoms with Crippen molar-refractivity contribution in [2.45, 2.75) is 19.3 Å². The predicted molar refractivity (Wildman–Crippen MR) is 68.2 cm³/mol. The molecule has 7 heteroatoms. The highest BCUT2D eigenvalue weighted by Crippen LogP contribution is 2.40. The number of Topliss-reactive ketones (excluding diaryl/α,β-unsaturated/α-hetero) is 1. The van der Waals surface area contributed by atoms with Crippen LogP contribution in [0.1, 0.15) is 17.5 Å². The summed E-state index contributed by atoms with van der Waals surface area (Å²) >= 11 is 0.932.